The summed E-state index contributed by atoms with van der Waals surface area (Å²) >= 11 is 0. The Balaban J connectivity index is 1.56. The van der Waals surface area contributed by atoms with Crippen molar-refractivity contribution >= 4 is 17.7 Å². The minimum Gasteiger partial charge on any atom is -0.445 e. The average molecular weight is 394 g/mol. The van der Waals surface area contributed by atoms with E-state index in [2.05, 4.69) is 25.7 Å². The number of anilines is 1. The van der Waals surface area contributed by atoms with Crippen LogP contribution in [0.2, 0.25) is 0 Å². The molecule has 1 aromatic carbocycles. The van der Waals surface area contributed by atoms with Gasteiger partial charge in [0.1, 0.15) is 25.3 Å². The van der Waals surface area contributed by atoms with Crippen LogP contribution >= 0.6 is 0 Å². The van der Waals surface area contributed by atoms with Crippen molar-refractivity contribution in [2.24, 2.45) is 5.92 Å². The molecular formula is C20H22N6O3. The van der Waals surface area contributed by atoms with E-state index >= 15 is 0 Å². The van der Waals surface area contributed by atoms with Crippen molar-refractivity contribution in [3.05, 3.63) is 66.9 Å². The molecule has 0 aliphatic heterocycles. The van der Waals surface area contributed by atoms with Crippen molar-refractivity contribution in [3.8, 4) is 5.82 Å². The first-order chi connectivity index (χ1) is 14.0. The van der Waals surface area contributed by atoms with Gasteiger partial charge in [-0.1, -0.05) is 44.2 Å². The van der Waals surface area contributed by atoms with Crippen LogP contribution in [0.3, 0.4) is 0 Å². The fourth-order valence-corrected chi connectivity index (χ4v) is 2.57. The summed E-state index contributed by atoms with van der Waals surface area (Å²) in [4.78, 5) is 32.9. The highest BCUT2D eigenvalue weighted by molar-refractivity contribution is 5.96. The molecule has 0 radical (unpaired) electrons. The smallest absolute Gasteiger partial charge is 0.408 e. The van der Waals surface area contributed by atoms with E-state index in [0.717, 1.165) is 5.56 Å². The van der Waals surface area contributed by atoms with E-state index in [1.165, 1.54) is 23.5 Å². The van der Waals surface area contributed by atoms with Crippen molar-refractivity contribution in [1.29, 1.82) is 0 Å². The van der Waals surface area contributed by atoms with Gasteiger partial charge in [0.2, 0.25) is 5.91 Å². The van der Waals surface area contributed by atoms with Gasteiger partial charge >= 0.3 is 6.09 Å². The van der Waals surface area contributed by atoms with Crippen molar-refractivity contribution in [2.45, 2.75) is 26.5 Å². The fourth-order valence-electron chi connectivity index (χ4n) is 2.57. The van der Waals surface area contributed by atoms with E-state index in [-0.39, 0.29) is 18.4 Å². The molecule has 2 amide bonds. The van der Waals surface area contributed by atoms with Gasteiger partial charge < -0.3 is 15.4 Å². The number of amides is 2. The third kappa shape index (κ3) is 5.61. The Morgan fingerprint density at radius 1 is 1.14 bits per heavy atom. The molecule has 0 aliphatic carbocycles. The topological polar surface area (TPSA) is 111 Å². The van der Waals surface area contributed by atoms with Crippen LogP contribution in [0.25, 0.3) is 5.82 Å². The molecule has 0 unspecified atom stereocenters. The number of nitrogens with zero attached hydrogens (tertiary/aromatic N) is 4. The lowest BCUT2D eigenvalue weighted by Gasteiger charge is -2.21. The third-order valence-electron chi connectivity index (χ3n) is 4.10. The number of aromatic nitrogens is 4. The summed E-state index contributed by atoms with van der Waals surface area (Å²) in [6.07, 6.45) is 3.80. The van der Waals surface area contributed by atoms with Crippen LogP contribution < -0.4 is 10.6 Å². The van der Waals surface area contributed by atoms with Crippen LogP contribution in [-0.4, -0.2) is 37.8 Å². The second-order valence-corrected chi connectivity index (χ2v) is 6.66. The van der Waals surface area contributed by atoms with Gasteiger partial charge in [-0.25, -0.2) is 19.4 Å². The molecule has 2 heterocycles. The van der Waals surface area contributed by atoms with Gasteiger partial charge in [-0.3, -0.25) is 4.79 Å². The van der Waals surface area contributed by atoms with E-state index in [0.29, 0.717) is 11.5 Å². The minimum atomic E-state index is -0.756. The van der Waals surface area contributed by atoms with Crippen LogP contribution in [0.1, 0.15) is 19.4 Å². The first-order valence-corrected chi connectivity index (χ1v) is 9.12. The molecule has 29 heavy (non-hydrogen) atoms. The molecule has 0 bridgehead atoms. The molecule has 0 saturated carbocycles. The summed E-state index contributed by atoms with van der Waals surface area (Å²) in [5.41, 5.74) is 1.37. The maximum absolute atomic E-state index is 12.6. The summed E-state index contributed by atoms with van der Waals surface area (Å²) in [5.74, 6) is 0.0807. The zero-order valence-electron chi connectivity index (χ0n) is 16.1. The van der Waals surface area contributed by atoms with Gasteiger partial charge in [0, 0.05) is 0 Å². The number of benzene rings is 1. The van der Waals surface area contributed by atoms with Gasteiger partial charge in [-0.05, 0) is 23.6 Å². The Morgan fingerprint density at radius 2 is 1.93 bits per heavy atom. The summed E-state index contributed by atoms with van der Waals surface area (Å²) in [5, 5.41) is 9.38. The normalized spacial score (nSPS) is 11.7. The number of hydrogen-bond donors (Lipinski definition) is 2. The number of rotatable bonds is 7. The largest absolute Gasteiger partial charge is 0.445 e. The maximum atomic E-state index is 12.6. The monoisotopic (exact) mass is 394 g/mol. The molecule has 0 aliphatic rings. The van der Waals surface area contributed by atoms with Gasteiger partial charge in [0.15, 0.2) is 5.82 Å². The highest BCUT2D eigenvalue weighted by Crippen LogP contribution is 2.11. The Hall–Kier alpha value is -3.75. The zero-order valence-corrected chi connectivity index (χ0v) is 16.1. The number of hydrogen-bond acceptors (Lipinski definition) is 6. The lowest BCUT2D eigenvalue weighted by atomic mass is 10.0. The van der Waals surface area contributed by atoms with Crippen molar-refractivity contribution in [1.82, 2.24) is 25.1 Å². The van der Waals surface area contributed by atoms with Crippen LogP contribution in [-0.2, 0) is 16.1 Å². The number of nitrogens with one attached hydrogen (secondary N) is 2. The highest BCUT2D eigenvalue weighted by atomic mass is 16.5. The molecule has 150 valence electrons. The average Bonchev–Trinajstić information content (AvgIpc) is 3.26. The second-order valence-electron chi connectivity index (χ2n) is 6.66. The molecule has 0 fully saturated rings. The molecule has 2 aromatic heterocycles. The van der Waals surface area contributed by atoms with Gasteiger partial charge in [0.25, 0.3) is 0 Å². The molecule has 9 heteroatoms. The predicted molar refractivity (Wildman–Crippen MR) is 106 cm³/mol. The van der Waals surface area contributed by atoms with Crippen LogP contribution in [0.15, 0.2) is 61.3 Å². The van der Waals surface area contributed by atoms with E-state index in [1.54, 1.807) is 12.1 Å². The molecule has 3 rings (SSSR count). The summed E-state index contributed by atoms with van der Waals surface area (Å²) in [6.45, 7) is 3.81. The number of alkyl carbamates (subject to hydrolysis) is 1. The summed E-state index contributed by atoms with van der Waals surface area (Å²) in [6, 6.07) is 12.0. The van der Waals surface area contributed by atoms with Crippen molar-refractivity contribution < 1.29 is 14.3 Å². The predicted octanol–water partition coefficient (Wildman–Crippen LogP) is 2.55. The minimum absolute atomic E-state index is 0.132. The molecule has 3 aromatic rings. The third-order valence-corrected chi connectivity index (χ3v) is 4.10. The van der Waals surface area contributed by atoms with Gasteiger partial charge in [-0.15, -0.1) is 0 Å². The Labute approximate surface area is 168 Å². The summed E-state index contributed by atoms with van der Waals surface area (Å²) in [7, 11) is 0. The molecular weight excluding hydrogens is 372 g/mol. The van der Waals surface area contributed by atoms with E-state index in [1.807, 2.05) is 44.2 Å². The molecule has 0 spiro atoms. The van der Waals surface area contributed by atoms with E-state index < -0.39 is 12.1 Å². The molecule has 2 N–H and O–H groups in total. The summed E-state index contributed by atoms with van der Waals surface area (Å²) < 4.78 is 6.71. The Morgan fingerprint density at radius 3 is 2.55 bits per heavy atom. The zero-order chi connectivity index (χ0) is 20.6. The Kier molecular flexibility index (Phi) is 6.51. The molecule has 0 saturated heterocycles. The maximum Gasteiger partial charge on any atom is 0.408 e. The number of carbonyl (C=O) groups is 2. The lowest BCUT2D eigenvalue weighted by molar-refractivity contribution is -0.119. The van der Waals surface area contributed by atoms with Crippen molar-refractivity contribution in [3.63, 3.8) is 0 Å². The quantitative estimate of drug-likeness (QED) is 0.637. The van der Waals surface area contributed by atoms with Crippen LogP contribution in [0.5, 0.6) is 0 Å². The number of ether oxygens (including phenoxy) is 1. The SMILES string of the molecule is CC(C)[C@H](NC(=O)OCc1ccccc1)C(=O)Nc1ccc(-n2cncn2)nc1. The second kappa shape index (κ2) is 9.45. The standard InChI is InChI=1S/C20H22N6O3/c1-14(2)18(25-20(28)29-11-15-6-4-3-5-7-15)19(27)24-16-8-9-17(22-10-16)26-13-21-12-23-26/h3-10,12-14,18H,11H2,1-2H3,(H,24,27)(H,25,28)/t18-/m0/s1. The fraction of sp³-hybridized carbons (Fsp3) is 0.250. The highest BCUT2D eigenvalue weighted by Gasteiger charge is 2.25. The van der Waals surface area contributed by atoms with Crippen LogP contribution in [0.4, 0.5) is 10.5 Å². The Bertz CT molecular complexity index is 927. The number of pyridine rings is 1. The van der Waals surface area contributed by atoms with Crippen LogP contribution in [0, 0.1) is 5.92 Å². The lowest BCUT2D eigenvalue weighted by Crippen LogP contribution is -2.47. The first kappa shape index (κ1) is 20.0. The van der Waals surface area contributed by atoms with Gasteiger partial charge in [-0.2, -0.15) is 5.10 Å². The molecule has 1 atom stereocenters. The first-order valence-electron chi connectivity index (χ1n) is 9.12. The number of carbonyl (C=O) groups excluding carboxylic acids is 2. The van der Waals surface area contributed by atoms with E-state index in [4.69, 9.17) is 4.74 Å². The van der Waals surface area contributed by atoms with Crippen molar-refractivity contribution in [2.75, 3.05) is 5.32 Å². The van der Waals surface area contributed by atoms with Gasteiger partial charge in [0.05, 0.1) is 11.9 Å². The molecule has 9 nitrogen and oxygen atoms in total. The van der Waals surface area contributed by atoms with E-state index in [9.17, 15) is 9.59 Å².